The van der Waals surface area contributed by atoms with Gasteiger partial charge in [0.15, 0.2) is 0 Å². The second kappa shape index (κ2) is 9.39. The highest BCUT2D eigenvalue weighted by atomic mass is 16.2. The first-order valence-corrected chi connectivity index (χ1v) is 8.19. The first-order valence-electron chi connectivity index (χ1n) is 8.19. The fourth-order valence-corrected chi connectivity index (χ4v) is 2.47. The van der Waals surface area contributed by atoms with Gasteiger partial charge in [-0.2, -0.15) is 0 Å². The Morgan fingerprint density at radius 1 is 1.11 bits per heavy atom. The maximum Gasteiger partial charge on any atom is 0.225 e. The van der Waals surface area contributed by atoms with Crippen LogP contribution < -0.4 is 5.32 Å². The van der Waals surface area contributed by atoms with Crippen LogP contribution in [0.3, 0.4) is 0 Å². The van der Waals surface area contributed by atoms with Gasteiger partial charge >= 0.3 is 0 Å². The van der Waals surface area contributed by atoms with E-state index in [9.17, 15) is 4.79 Å². The number of carbonyl (C=O) groups excluding carboxylic acids is 1. The molecule has 0 aromatic rings. The molecule has 2 heteroatoms. The Morgan fingerprint density at radius 2 is 1.68 bits per heavy atom. The Hall–Kier alpha value is -0.530. The molecule has 2 nitrogen and oxygen atoms in total. The van der Waals surface area contributed by atoms with E-state index < -0.39 is 0 Å². The van der Waals surface area contributed by atoms with Gasteiger partial charge in [0.1, 0.15) is 0 Å². The normalized spacial score (nSPS) is 15.1. The summed E-state index contributed by atoms with van der Waals surface area (Å²) >= 11 is 0. The number of rotatable bonds is 10. The molecule has 0 aromatic heterocycles. The second-order valence-corrected chi connectivity index (χ2v) is 6.60. The van der Waals surface area contributed by atoms with E-state index in [-0.39, 0.29) is 11.3 Å². The molecule has 2 atom stereocenters. The zero-order valence-corrected chi connectivity index (χ0v) is 14.0. The molecule has 0 heterocycles. The third kappa shape index (κ3) is 6.98. The quantitative estimate of drug-likeness (QED) is 0.599. The topological polar surface area (TPSA) is 29.1 Å². The molecule has 19 heavy (non-hydrogen) atoms. The van der Waals surface area contributed by atoms with E-state index in [2.05, 4.69) is 46.9 Å². The van der Waals surface area contributed by atoms with Gasteiger partial charge in [0.2, 0.25) is 5.91 Å². The lowest BCUT2D eigenvalue weighted by molar-refractivity contribution is -0.130. The highest BCUT2D eigenvalue weighted by molar-refractivity contribution is 5.82. The SMILES string of the molecule is CCCCC(C)C(CC)NC(=O)C(C)(C)CCCC. The van der Waals surface area contributed by atoms with Crippen LogP contribution >= 0.6 is 0 Å². The lowest BCUT2D eigenvalue weighted by atomic mass is 9.85. The molecule has 1 N–H and O–H groups in total. The summed E-state index contributed by atoms with van der Waals surface area (Å²) in [5.74, 6) is 0.812. The number of amides is 1. The molecule has 0 bridgehead atoms. The highest BCUT2D eigenvalue weighted by Crippen LogP contribution is 2.25. The van der Waals surface area contributed by atoms with Crippen molar-refractivity contribution in [1.82, 2.24) is 5.32 Å². The minimum absolute atomic E-state index is 0.228. The molecule has 0 saturated carbocycles. The first kappa shape index (κ1) is 18.5. The predicted molar refractivity (Wildman–Crippen MR) is 84.2 cm³/mol. The van der Waals surface area contributed by atoms with Crippen LogP contribution in [-0.4, -0.2) is 11.9 Å². The average Bonchev–Trinajstić information content (AvgIpc) is 2.39. The Labute approximate surface area is 120 Å². The molecule has 1 amide bonds. The van der Waals surface area contributed by atoms with Crippen molar-refractivity contribution in [3.63, 3.8) is 0 Å². The van der Waals surface area contributed by atoms with E-state index in [4.69, 9.17) is 0 Å². The molecule has 0 saturated heterocycles. The molecule has 0 aliphatic rings. The zero-order valence-electron chi connectivity index (χ0n) is 14.0. The third-order valence-corrected chi connectivity index (χ3v) is 4.23. The van der Waals surface area contributed by atoms with Crippen molar-refractivity contribution in [2.45, 2.75) is 92.5 Å². The smallest absolute Gasteiger partial charge is 0.225 e. The van der Waals surface area contributed by atoms with Gasteiger partial charge in [0.05, 0.1) is 0 Å². The molecule has 0 aliphatic carbocycles. The molecule has 0 rings (SSSR count). The molecular weight excluding hydrogens is 234 g/mol. The molecule has 2 unspecified atom stereocenters. The second-order valence-electron chi connectivity index (χ2n) is 6.60. The van der Waals surface area contributed by atoms with Gasteiger partial charge in [0.25, 0.3) is 0 Å². The fourth-order valence-electron chi connectivity index (χ4n) is 2.47. The Bertz CT molecular complexity index is 248. The summed E-state index contributed by atoms with van der Waals surface area (Å²) < 4.78 is 0. The van der Waals surface area contributed by atoms with Crippen LogP contribution in [0.2, 0.25) is 0 Å². The Morgan fingerprint density at radius 3 is 2.16 bits per heavy atom. The van der Waals surface area contributed by atoms with Crippen molar-refractivity contribution < 1.29 is 4.79 Å². The summed E-state index contributed by atoms with van der Waals surface area (Å²) in [6, 6.07) is 0.333. The van der Waals surface area contributed by atoms with Crippen LogP contribution in [0.25, 0.3) is 0 Å². The zero-order chi connectivity index (χ0) is 14.9. The molecule has 0 spiro atoms. The van der Waals surface area contributed by atoms with Crippen LogP contribution in [0, 0.1) is 11.3 Å². The summed E-state index contributed by atoms with van der Waals surface area (Å²) in [6.45, 7) is 13.0. The molecule has 0 aliphatic heterocycles. The first-order chi connectivity index (χ1) is 8.88. The standard InChI is InChI=1S/C17H35NO/c1-7-10-12-14(4)15(9-3)18-16(19)17(5,6)13-11-8-2/h14-15H,7-13H2,1-6H3,(H,18,19). The van der Waals surface area contributed by atoms with E-state index in [1.165, 1.54) is 19.3 Å². The monoisotopic (exact) mass is 269 g/mol. The van der Waals surface area contributed by atoms with Crippen molar-refractivity contribution in [1.29, 1.82) is 0 Å². The van der Waals surface area contributed by atoms with E-state index in [1.54, 1.807) is 0 Å². The van der Waals surface area contributed by atoms with Gasteiger partial charge < -0.3 is 5.32 Å². The Kier molecular flexibility index (Phi) is 9.12. The van der Waals surface area contributed by atoms with Gasteiger partial charge in [-0.25, -0.2) is 0 Å². The van der Waals surface area contributed by atoms with Gasteiger partial charge in [-0.1, -0.05) is 67.2 Å². The fraction of sp³-hybridized carbons (Fsp3) is 0.941. The summed E-state index contributed by atoms with van der Waals surface area (Å²) in [6.07, 6.45) is 7.99. The molecular formula is C17H35NO. The van der Waals surface area contributed by atoms with E-state index in [0.29, 0.717) is 12.0 Å². The molecule has 114 valence electrons. The summed E-state index contributed by atoms with van der Waals surface area (Å²) in [5, 5.41) is 3.29. The van der Waals surface area contributed by atoms with Crippen LogP contribution in [0.15, 0.2) is 0 Å². The summed E-state index contributed by atoms with van der Waals surface area (Å²) in [5.41, 5.74) is -0.228. The lowest BCUT2D eigenvalue weighted by Gasteiger charge is -2.30. The maximum absolute atomic E-state index is 12.4. The third-order valence-electron chi connectivity index (χ3n) is 4.23. The number of hydrogen-bond acceptors (Lipinski definition) is 1. The summed E-state index contributed by atoms with van der Waals surface area (Å²) in [4.78, 5) is 12.4. The number of nitrogens with one attached hydrogen (secondary N) is 1. The van der Waals surface area contributed by atoms with Gasteiger partial charge in [-0.3, -0.25) is 4.79 Å². The molecule has 0 radical (unpaired) electrons. The van der Waals surface area contributed by atoms with Crippen molar-refractivity contribution in [3.8, 4) is 0 Å². The van der Waals surface area contributed by atoms with Gasteiger partial charge in [0, 0.05) is 11.5 Å². The van der Waals surface area contributed by atoms with Crippen molar-refractivity contribution in [2.75, 3.05) is 0 Å². The van der Waals surface area contributed by atoms with E-state index in [1.807, 2.05) is 0 Å². The summed E-state index contributed by atoms with van der Waals surface area (Å²) in [7, 11) is 0. The van der Waals surface area contributed by atoms with E-state index in [0.717, 1.165) is 25.7 Å². The van der Waals surface area contributed by atoms with Crippen molar-refractivity contribution in [2.24, 2.45) is 11.3 Å². The molecule has 0 fully saturated rings. The number of unbranched alkanes of at least 4 members (excludes halogenated alkanes) is 2. The number of hydrogen-bond donors (Lipinski definition) is 1. The van der Waals surface area contributed by atoms with Gasteiger partial charge in [-0.15, -0.1) is 0 Å². The minimum atomic E-state index is -0.228. The van der Waals surface area contributed by atoms with Crippen molar-refractivity contribution in [3.05, 3.63) is 0 Å². The van der Waals surface area contributed by atoms with Crippen LogP contribution in [-0.2, 0) is 4.79 Å². The predicted octanol–water partition coefficient (Wildman–Crippen LogP) is 4.92. The molecule has 0 aromatic carbocycles. The highest BCUT2D eigenvalue weighted by Gasteiger charge is 2.29. The van der Waals surface area contributed by atoms with Crippen LogP contribution in [0.5, 0.6) is 0 Å². The van der Waals surface area contributed by atoms with Crippen LogP contribution in [0.1, 0.15) is 86.5 Å². The number of carbonyl (C=O) groups is 1. The largest absolute Gasteiger partial charge is 0.353 e. The minimum Gasteiger partial charge on any atom is -0.353 e. The Balaban J connectivity index is 4.39. The van der Waals surface area contributed by atoms with E-state index >= 15 is 0 Å². The van der Waals surface area contributed by atoms with Crippen molar-refractivity contribution >= 4 is 5.91 Å². The van der Waals surface area contributed by atoms with Crippen LogP contribution in [0.4, 0.5) is 0 Å². The van der Waals surface area contributed by atoms with Gasteiger partial charge in [-0.05, 0) is 25.2 Å². The maximum atomic E-state index is 12.4. The lowest BCUT2D eigenvalue weighted by Crippen LogP contribution is -2.45. The average molecular weight is 269 g/mol.